The van der Waals surface area contributed by atoms with Crippen LogP contribution in [0.3, 0.4) is 0 Å². The second-order valence-electron chi connectivity index (χ2n) is 24.9. The van der Waals surface area contributed by atoms with Crippen molar-refractivity contribution in [1.29, 1.82) is 0 Å². The normalized spacial score (nSPS) is 28.5. The van der Waals surface area contributed by atoms with Crippen LogP contribution in [-0.2, 0) is 71.9 Å². The van der Waals surface area contributed by atoms with Crippen molar-refractivity contribution in [1.82, 2.24) is 54.7 Å². The zero-order valence-electron chi connectivity index (χ0n) is 50.8. The van der Waals surface area contributed by atoms with Crippen LogP contribution in [0.4, 0.5) is 0 Å². The first-order chi connectivity index (χ1) is 43.2. The Balaban J connectivity index is 0.808. The van der Waals surface area contributed by atoms with Gasteiger partial charge in [-0.2, -0.15) is 0 Å². The van der Waals surface area contributed by atoms with Crippen molar-refractivity contribution in [2.75, 3.05) is 79.0 Å². The molecule has 502 valence electrons. The molecule has 0 bridgehead atoms. The Labute approximate surface area is 522 Å². The molecule has 9 N–H and O–H groups in total. The van der Waals surface area contributed by atoms with Crippen molar-refractivity contribution >= 4 is 88.5 Å². The Kier molecular flexibility index (Phi) is 22.9. The number of aliphatic hydroxyl groups is 4. The number of nitrogens with zero attached hydrogens (tertiary/aromatic N) is 9. The Bertz CT molecular complexity index is 2860. The smallest absolute Gasteiger partial charge is 0.320 e. The average molecular weight is 1290 g/mol. The molecule has 0 aromatic heterocycles. The fraction of sp³-hybridized carbons (Fsp3) is 0.741. The van der Waals surface area contributed by atoms with E-state index in [9.17, 15) is 108 Å². The van der Waals surface area contributed by atoms with Gasteiger partial charge in [0.25, 0.3) is 0 Å². The number of hydrogen-bond donors (Lipinski definition) is 9. The predicted molar refractivity (Wildman–Crippen MR) is 307 cm³/mol. The molecule has 10 amide bonds. The number of aliphatic carboxylic acids is 3. The van der Waals surface area contributed by atoms with Gasteiger partial charge in [0.05, 0.1) is 56.1 Å². The molecule has 8 heterocycles. The molecule has 8 fully saturated rings. The molecule has 33 nitrogen and oxygen atoms in total. The van der Waals surface area contributed by atoms with Gasteiger partial charge in [0, 0.05) is 117 Å². The Hall–Kier alpha value is -7.75. The number of amides is 10. The monoisotopic (exact) mass is 1290 g/mol. The van der Waals surface area contributed by atoms with Gasteiger partial charge in [-0.25, -0.2) is 0 Å². The highest BCUT2D eigenvalue weighted by atomic mass is 16.4. The van der Waals surface area contributed by atoms with Crippen LogP contribution in [0.15, 0.2) is 0 Å². The maximum atomic E-state index is 14.3. The van der Waals surface area contributed by atoms with Gasteiger partial charge in [-0.05, 0) is 57.8 Å². The fourth-order valence-corrected chi connectivity index (χ4v) is 14.5. The maximum Gasteiger partial charge on any atom is 0.320 e. The van der Waals surface area contributed by atoms with Crippen molar-refractivity contribution in [2.45, 2.75) is 194 Å². The molecule has 8 aliphatic rings. The van der Waals surface area contributed by atoms with Gasteiger partial charge in [0.1, 0.15) is 42.3 Å². The van der Waals surface area contributed by atoms with E-state index in [0.29, 0.717) is 37.0 Å². The zero-order valence-corrected chi connectivity index (χ0v) is 50.8. The number of likely N-dealkylation sites (N-methyl/N-ethyl adjacent to an activating group) is 1. The summed E-state index contributed by atoms with van der Waals surface area (Å²) in [6.07, 6.45) is -4.80. The summed E-state index contributed by atoms with van der Waals surface area (Å²) in [6.45, 7) is -2.84. The molecule has 0 aliphatic carbocycles. The second kappa shape index (κ2) is 30.1. The highest BCUT2D eigenvalue weighted by Gasteiger charge is 2.50. The highest BCUT2D eigenvalue weighted by Crippen LogP contribution is 2.32. The number of Topliss-reactive ketones (excluding diaryl/α,β-unsaturated/α-hetero) is 2. The fourth-order valence-electron chi connectivity index (χ4n) is 14.5. The summed E-state index contributed by atoms with van der Waals surface area (Å²) in [6, 6.07) is -10.4. The Morgan fingerprint density at radius 2 is 0.725 bits per heavy atom. The van der Waals surface area contributed by atoms with E-state index in [1.54, 1.807) is 0 Å². The molecule has 0 aromatic rings. The largest absolute Gasteiger partial charge is 0.480 e. The van der Waals surface area contributed by atoms with Crippen LogP contribution in [0.25, 0.3) is 0 Å². The van der Waals surface area contributed by atoms with E-state index < -0.39 is 213 Å². The number of carboxylic acid groups (broad SMARTS) is 3. The first-order valence-corrected chi connectivity index (χ1v) is 31.3. The average Bonchev–Trinajstić information content (AvgIpc) is 1.89. The number of aliphatic hydroxyl groups excluding tert-OH is 4. The van der Waals surface area contributed by atoms with E-state index in [1.807, 2.05) is 0 Å². The summed E-state index contributed by atoms with van der Waals surface area (Å²) in [5.41, 5.74) is 0. The third kappa shape index (κ3) is 15.9. The highest BCUT2D eigenvalue weighted by molar-refractivity contribution is 5.99. The molecule has 0 aromatic carbocycles. The molecule has 8 saturated heterocycles. The first-order valence-electron chi connectivity index (χ1n) is 31.3. The molecule has 33 heteroatoms. The van der Waals surface area contributed by atoms with E-state index in [1.165, 1.54) is 36.4 Å². The summed E-state index contributed by atoms with van der Waals surface area (Å²) < 4.78 is 0. The number of carbonyl (C=O) groups is 15. The second-order valence-corrected chi connectivity index (χ2v) is 24.9. The number of hydrogen-bond acceptors (Lipinski definition) is 20. The van der Waals surface area contributed by atoms with Crippen LogP contribution in [0.2, 0.25) is 0 Å². The van der Waals surface area contributed by atoms with Crippen LogP contribution in [0.5, 0.6) is 0 Å². The number of ketones is 2. The van der Waals surface area contributed by atoms with Crippen LogP contribution >= 0.6 is 0 Å². The van der Waals surface area contributed by atoms with Gasteiger partial charge >= 0.3 is 17.9 Å². The van der Waals surface area contributed by atoms with Crippen molar-refractivity contribution in [3.05, 3.63) is 0 Å². The molecule has 0 saturated carbocycles. The van der Waals surface area contributed by atoms with Crippen LogP contribution in [0, 0.1) is 0 Å². The van der Waals surface area contributed by atoms with Crippen LogP contribution in [0.1, 0.15) is 116 Å². The molecular weight excluding hydrogens is 1200 g/mol. The zero-order chi connectivity index (χ0) is 66.3. The summed E-state index contributed by atoms with van der Waals surface area (Å²) in [5.74, 6) is -11.8. The molecule has 8 aliphatic heterocycles. The van der Waals surface area contributed by atoms with Crippen molar-refractivity contribution < 1.29 is 108 Å². The third-order valence-electron chi connectivity index (χ3n) is 18.9. The molecule has 8 rings (SSSR count). The van der Waals surface area contributed by atoms with E-state index in [0.717, 1.165) is 9.80 Å². The minimum absolute atomic E-state index is 0.0480. The molecule has 0 radical (unpaired) electrons. The Morgan fingerprint density at radius 3 is 1.07 bits per heavy atom. The van der Waals surface area contributed by atoms with Gasteiger partial charge in [0.15, 0.2) is 11.6 Å². The molecule has 91 heavy (non-hydrogen) atoms. The van der Waals surface area contributed by atoms with E-state index in [-0.39, 0.29) is 110 Å². The number of carboxylic acids is 3. The van der Waals surface area contributed by atoms with E-state index in [2.05, 4.69) is 10.6 Å². The van der Waals surface area contributed by atoms with Crippen molar-refractivity contribution in [3.8, 4) is 0 Å². The summed E-state index contributed by atoms with van der Waals surface area (Å²) in [4.78, 5) is 210. The summed E-state index contributed by atoms with van der Waals surface area (Å²) in [5, 5.41) is 75.8. The quantitative estimate of drug-likeness (QED) is 0.0411. The Morgan fingerprint density at radius 1 is 0.407 bits per heavy atom. The number of rotatable bonds is 25. The van der Waals surface area contributed by atoms with Crippen LogP contribution < -0.4 is 10.6 Å². The molecule has 5 unspecified atom stereocenters. The van der Waals surface area contributed by atoms with Crippen molar-refractivity contribution in [3.63, 3.8) is 0 Å². The first kappa shape index (κ1) is 69.1. The number of likely N-dealkylation sites (tertiary alicyclic amines) is 8. The minimum Gasteiger partial charge on any atom is -0.480 e. The molecular formula is C58H83N11O22. The van der Waals surface area contributed by atoms with Gasteiger partial charge in [-0.1, -0.05) is 0 Å². The predicted octanol–water partition coefficient (Wildman–Crippen LogP) is -5.94. The lowest BCUT2D eigenvalue weighted by molar-refractivity contribution is -0.150. The van der Waals surface area contributed by atoms with Gasteiger partial charge in [0.2, 0.25) is 59.1 Å². The van der Waals surface area contributed by atoms with Crippen LogP contribution in [-0.4, -0.2) is 326 Å². The number of β-amino-alcohol motifs (C(OH)–C–C–N with tert-alkyl or cyclic N) is 4. The summed E-state index contributed by atoms with van der Waals surface area (Å²) >= 11 is 0. The van der Waals surface area contributed by atoms with E-state index >= 15 is 0 Å². The topological polar surface area (TPSA) is 451 Å². The lowest BCUT2D eigenvalue weighted by atomic mass is 10.0. The molecule has 13 atom stereocenters. The molecule has 0 spiro atoms. The van der Waals surface area contributed by atoms with E-state index in [4.69, 9.17) is 0 Å². The SMILES string of the molecule is CNC(=O)C1C[C@@H](O)CN1C(=O)C1CCCN1C(=O)CCC(=O)[C@@H]1C[C@H](O)CN1C(=O)[C@H]1CCCN1C(=O)CNC(=O)C1C[C@@H](O)CN1C(=O)C1CCCN1C(=O)CCC(=O)[C@@H]1C[C@H](O)CN1C(=O)[C@H]1CCCN1C(=O)CCC(C(=O)O)N(CC(=O)O)CC(=O)O. The standard InChI is InChI=1S/C58H83N11O22/c1-59-52(84)42-22-33(72)27-68(42)56(88)36-7-3-17-63(36)47(77)14-12-45(75)41-21-32(71)26-67(41)55(87)38-9-5-19-65(38)49(79)24-60-53(85)43-23-34(73)28-69(43)57(89)37-8-4-18-64(37)48(78)15-11-44(74)40-20-31(70)25-66(40)54(86)35-6-2-16-62(35)46(76)13-10-39(58(90)91)61(29-50(80)81)30-51(82)83/h31-43,70-73H,2-30H2,1H3,(H,59,84)(H,60,85)(H,80,81)(H,82,83)(H,90,91)/t31-,32-,33+,34+,35+,36?,37?,38+,39?,40-,41-,42?,43?/m0/s1. The minimum atomic E-state index is -1.67. The summed E-state index contributed by atoms with van der Waals surface area (Å²) in [7, 11) is 1.42. The van der Waals surface area contributed by atoms with Gasteiger partial charge in [-0.15, -0.1) is 0 Å². The lowest BCUT2D eigenvalue weighted by Gasteiger charge is -2.32. The maximum absolute atomic E-state index is 14.3. The lowest BCUT2D eigenvalue weighted by Crippen LogP contribution is -2.55. The van der Waals surface area contributed by atoms with Crippen molar-refractivity contribution in [2.24, 2.45) is 0 Å². The third-order valence-corrected chi connectivity index (χ3v) is 18.9. The van der Waals surface area contributed by atoms with Gasteiger partial charge in [-0.3, -0.25) is 76.8 Å². The number of carbonyl (C=O) groups excluding carboxylic acids is 12. The number of nitrogens with one attached hydrogen (secondary N) is 2. The van der Waals surface area contributed by atoms with Gasteiger partial charge < -0.3 is 85.6 Å².